The van der Waals surface area contributed by atoms with Gasteiger partial charge in [-0.25, -0.2) is 13.8 Å². The van der Waals surface area contributed by atoms with Crippen LogP contribution in [0.25, 0.3) is 22.2 Å². The number of hydrogen-bond donors (Lipinski definition) is 3. The van der Waals surface area contributed by atoms with Crippen LogP contribution in [-0.2, 0) is 10.9 Å². The van der Waals surface area contributed by atoms with Gasteiger partial charge in [0.05, 0.1) is 36.7 Å². The Morgan fingerprint density at radius 1 is 1.14 bits per heavy atom. The van der Waals surface area contributed by atoms with Gasteiger partial charge >= 0.3 is 12.2 Å². The predicted octanol–water partition coefficient (Wildman–Crippen LogP) is 4.29. The Balaban J connectivity index is 1.43. The van der Waals surface area contributed by atoms with Crippen molar-refractivity contribution in [2.24, 2.45) is 0 Å². The van der Waals surface area contributed by atoms with E-state index in [0.29, 0.717) is 38.5 Å². The number of alkyl halides is 3. The highest BCUT2D eigenvalue weighted by Gasteiger charge is 2.40. The number of nitrogens with two attached hydrogens (primary N) is 1. The Morgan fingerprint density at radius 2 is 1.95 bits per heavy atom. The van der Waals surface area contributed by atoms with Crippen molar-refractivity contribution in [3.05, 3.63) is 28.8 Å². The molecular weight excluding hydrogens is 589 g/mol. The van der Waals surface area contributed by atoms with E-state index >= 15 is 4.39 Å². The summed E-state index contributed by atoms with van der Waals surface area (Å²) in [6.45, 7) is 6.85. The fourth-order valence-corrected chi connectivity index (χ4v) is 6.08. The van der Waals surface area contributed by atoms with Crippen molar-refractivity contribution < 1.29 is 36.2 Å². The molecule has 5 heterocycles. The van der Waals surface area contributed by atoms with Crippen LogP contribution < -0.4 is 25.8 Å². The number of pyridine rings is 1. The standard InChI is InChI=1S/C29H34F5N7O3/c1-14-4-5-36-6-7-37-26-20-25(39-28(40-26)42-9-3-8-41-12-17-10-16(41)13-43-17)23(31)24(38-27(20)44-14)18-11-19(35)22(30)15(2)21(18)29(32,33)34/h11,14,16-17,36H,3-10,12-13,35H2,1-2H3,(H,37,39,40)/t14-,16-,17-/m0/s1. The van der Waals surface area contributed by atoms with Gasteiger partial charge in [0, 0.05) is 37.8 Å². The smallest absolute Gasteiger partial charge is 0.417 e. The van der Waals surface area contributed by atoms with Crippen molar-refractivity contribution in [1.82, 2.24) is 25.2 Å². The van der Waals surface area contributed by atoms with Crippen molar-refractivity contribution in [1.29, 1.82) is 0 Å². The Hall–Kier alpha value is -3.56. The maximum absolute atomic E-state index is 16.4. The Morgan fingerprint density at radius 3 is 2.68 bits per heavy atom. The number of likely N-dealkylation sites (tertiary alicyclic amines) is 1. The third-order valence-electron chi connectivity index (χ3n) is 8.27. The van der Waals surface area contributed by atoms with Gasteiger partial charge in [0.1, 0.15) is 28.2 Å². The molecule has 2 aromatic heterocycles. The Labute approximate surface area is 250 Å². The Bertz CT molecular complexity index is 1560. The summed E-state index contributed by atoms with van der Waals surface area (Å²) in [7, 11) is 0. The number of anilines is 2. The molecule has 3 aliphatic rings. The number of nitrogen functional groups attached to an aromatic ring is 1. The molecule has 15 heteroatoms. The minimum Gasteiger partial charge on any atom is -0.474 e. The molecule has 0 unspecified atom stereocenters. The number of morpholine rings is 1. The van der Waals surface area contributed by atoms with E-state index in [2.05, 4.69) is 30.5 Å². The van der Waals surface area contributed by atoms with E-state index in [1.807, 2.05) is 0 Å². The van der Waals surface area contributed by atoms with Crippen LogP contribution in [0.1, 0.15) is 37.3 Å². The highest BCUT2D eigenvalue weighted by Crippen LogP contribution is 2.44. The molecule has 0 aliphatic carbocycles. The first-order valence-electron chi connectivity index (χ1n) is 14.7. The second-order valence-corrected chi connectivity index (χ2v) is 11.4. The molecule has 3 aromatic rings. The first kappa shape index (κ1) is 30.5. The average molecular weight is 624 g/mol. The van der Waals surface area contributed by atoms with Crippen LogP contribution in [0.5, 0.6) is 11.9 Å². The molecule has 2 saturated heterocycles. The van der Waals surface area contributed by atoms with Crippen molar-refractivity contribution in [2.45, 2.75) is 57.5 Å². The van der Waals surface area contributed by atoms with Crippen LogP contribution in [0.2, 0.25) is 0 Å². The molecule has 6 rings (SSSR count). The molecule has 238 valence electrons. The van der Waals surface area contributed by atoms with E-state index in [9.17, 15) is 17.6 Å². The number of aromatic nitrogens is 3. The van der Waals surface area contributed by atoms with Gasteiger partial charge in [-0.1, -0.05) is 0 Å². The number of rotatable bonds is 6. The second-order valence-electron chi connectivity index (χ2n) is 11.4. The maximum atomic E-state index is 16.4. The number of nitrogens with one attached hydrogen (secondary N) is 2. The number of halogens is 5. The number of fused-ring (bicyclic) bond motifs is 2. The number of nitrogens with zero attached hydrogens (tertiary/aromatic N) is 4. The van der Waals surface area contributed by atoms with Crippen LogP contribution in [-0.4, -0.2) is 84.0 Å². The van der Waals surface area contributed by atoms with Crippen LogP contribution in [0.15, 0.2) is 6.07 Å². The number of benzene rings is 1. The van der Waals surface area contributed by atoms with Gasteiger partial charge in [0.15, 0.2) is 5.82 Å². The lowest BCUT2D eigenvalue weighted by molar-refractivity contribution is -0.137. The van der Waals surface area contributed by atoms with Gasteiger partial charge in [0.25, 0.3) is 0 Å². The third kappa shape index (κ3) is 5.92. The highest BCUT2D eigenvalue weighted by molar-refractivity contribution is 5.96. The average Bonchev–Trinajstić information content (AvgIpc) is 3.59. The predicted molar refractivity (Wildman–Crippen MR) is 153 cm³/mol. The molecule has 0 amide bonds. The summed E-state index contributed by atoms with van der Waals surface area (Å²) in [6.07, 6.45) is -3.01. The molecule has 2 bridgehead atoms. The first-order chi connectivity index (χ1) is 21.0. The normalized spacial score (nSPS) is 22.5. The topological polar surface area (TPSA) is 120 Å². The summed E-state index contributed by atoms with van der Waals surface area (Å²) >= 11 is 0. The lowest BCUT2D eigenvalue weighted by Gasteiger charge is -2.26. The van der Waals surface area contributed by atoms with E-state index in [1.165, 1.54) is 0 Å². The quantitative estimate of drug-likeness (QED) is 0.208. The fraction of sp³-hybridized carbons (Fsp3) is 0.552. The molecule has 0 saturated carbocycles. The summed E-state index contributed by atoms with van der Waals surface area (Å²) in [6, 6.07) is 0.979. The van der Waals surface area contributed by atoms with E-state index < -0.39 is 52.0 Å². The maximum Gasteiger partial charge on any atom is 0.417 e. The molecule has 3 atom stereocenters. The molecule has 10 nitrogen and oxygen atoms in total. The zero-order chi connectivity index (χ0) is 31.2. The minimum atomic E-state index is -5.04. The van der Waals surface area contributed by atoms with Crippen LogP contribution >= 0.6 is 0 Å². The molecule has 44 heavy (non-hydrogen) atoms. The van der Waals surface area contributed by atoms with E-state index in [4.69, 9.17) is 19.9 Å². The van der Waals surface area contributed by atoms with Gasteiger partial charge in [-0.05, 0) is 51.3 Å². The summed E-state index contributed by atoms with van der Waals surface area (Å²) in [4.78, 5) is 15.3. The van der Waals surface area contributed by atoms with E-state index in [-0.39, 0.29) is 41.3 Å². The van der Waals surface area contributed by atoms with Gasteiger partial charge < -0.3 is 30.6 Å². The lowest BCUT2D eigenvalue weighted by Crippen LogP contribution is -2.37. The Kier molecular flexibility index (Phi) is 8.37. The van der Waals surface area contributed by atoms with Crippen molar-refractivity contribution in [3.8, 4) is 23.1 Å². The summed E-state index contributed by atoms with van der Waals surface area (Å²) in [5.74, 6) is -2.42. The highest BCUT2D eigenvalue weighted by atomic mass is 19.4. The van der Waals surface area contributed by atoms with E-state index in [1.54, 1.807) is 6.92 Å². The zero-order valence-electron chi connectivity index (χ0n) is 24.4. The van der Waals surface area contributed by atoms with Crippen molar-refractivity contribution in [2.75, 3.05) is 57.0 Å². The summed E-state index contributed by atoms with van der Waals surface area (Å²) < 4.78 is 91.4. The molecular formula is C29H34F5N7O3. The minimum absolute atomic E-state index is 0.0563. The summed E-state index contributed by atoms with van der Waals surface area (Å²) in [5.41, 5.74) is 1.19. The molecule has 4 N–H and O–H groups in total. The van der Waals surface area contributed by atoms with Crippen molar-refractivity contribution in [3.63, 3.8) is 0 Å². The van der Waals surface area contributed by atoms with Gasteiger partial charge in [-0.3, -0.25) is 4.90 Å². The van der Waals surface area contributed by atoms with Crippen LogP contribution in [0.4, 0.5) is 33.5 Å². The SMILES string of the molecule is Cc1c(F)c(N)cc(-c2nc3c4c(nc(OCCCN5C[C@@H]6C[C@H]5CO6)nc4c2F)NCCNCC[C@H](C)O3)c1C(F)(F)F. The largest absolute Gasteiger partial charge is 0.474 e. The first-order valence-corrected chi connectivity index (χ1v) is 14.7. The molecule has 0 radical (unpaired) electrons. The number of ether oxygens (including phenoxy) is 3. The van der Waals surface area contributed by atoms with Gasteiger partial charge in [-0.2, -0.15) is 23.1 Å². The second kappa shape index (κ2) is 12.1. The molecule has 0 spiro atoms. The summed E-state index contributed by atoms with van der Waals surface area (Å²) in [5, 5.41) is 6.44. The third-order valence-corrected chi connectivity index (χ3v) is 8.27. The number of hydrogen-bond acceptors (Lipinski definition) is 10. The molecule has 2 fully saturated rings. The zero-order valence-corrected chi connectivity index (χ0v) is 24.4. The molecule has 3 aliphatic heterocycles. The van der Waals surface area contributed by atoms with Gasteiger partial charge in [-0.15, -0.1) is 0 Å². The van der Waals surface area contributed by atoms with E-state index in [0.717, 1.165) is 39.1 Å². The lowest BCUT2D eigenvalue weighted by atomic mass is 9.96. The monoisotopic (exact) mass is 623 g/mol. The fourth-order valence-electron chi connectivity index (χ4n) is 6.08. The molecule has 1 aromatic carbocycles. The van der Waals surface area contributed by atoms with Crippen molar-refractivity contribution >= 4 is 22.4 Å². The van der Waals surface area contributed by atoms with Gasteiger partial charge in [0.2, 0.25) is 5.88 Å². The van der Waals surface area contributed by atoms with Crippen LogP contribution in [0, 0.1) is 18.6 Å². The van der Waals surface area contributed by atoms with Crippen LogP contribution in [0.3, 0.4) is 0 Å².